The Bertz CT molecular complexity index is 514. The summed E-state index contributed by atoms with van der Waals surface area (Å²) in [5.74, 6) is 0.129. The van der Waals surface area contributed by atoms with E-state index in [4.69, 9.17) is 0 Å². The Balaban J connectivity index is 0.00000312. The zero-order valence-corrected chi connectivity index (χ0v) is 16.4. The molecular formula is C17H26Cl2F4N2O. The monoisotopic (exact) mass is 420 g/mol. The Morgan fingerprint density at radius 1 is 1.12 bits per heavy atom. The molecule has 1 fully saturated rings. The highest BCUT2D eigenvalue weighted by Crippen LogP contribution is 2.33. The van der Waals surface area contributed by atoms with Crippen LogP contribution in [-0.4, -0.2) is 43.6 Å². The molecule has 0 bridgehead atoms. The Morgan fingerprint density at radius 3 is 2.12 bits per heavy atom. The Labute approximate surface area is 164 Å². The number of nitrogens with one attached hydrogen (secondary N) is 1. The second-order valence-corrected chi connectivity index (χ2v) is 6.15. The second-order valence-electron chi connectivity index (χ2n) is 6.15. The van der Waals surface area contributed by atoms with Crippen LogP contribution in [0.4, 0.5) is 17.6 Å². The van der Waals surface area contributed by atoms with Crippen LogP contribution in [0.1, 0.15) is 31.9 Å². The van der Waals surface area contributed by atoms with Gasteiger partial charge in [0.1, 0.15) is 5.75 Å². The summed E-state index contributed by atoms with van der Waals surface area (Å²) in [7, 11) is 0. The summed E-state index contributed by atoms with van der Waals surface area (Å²) < 4.78 is 54.5. The van der Waals surface area contributed by atoms with Crippen LogP contribution in [0.5, 0.6) is 5.75 Å². The average Bonchev–Trinajstić information content (AvgIpc) is 2.57. The van der Waals surface area contributed by atoms with Crippen molar-refractivity contribution >= 4 is 24.8 Å². The molecule has 26 heavy (non-hydrogen) atoms. The predicted molar refractivity (Wildman–Crippen MR) is 99.2 cm³/mol. The first-order valence-corrected chi connectivity index (χ1v) is 8.25. The first kappa shape index (κ1) is 25.2. The number of rotatable bonds is 7. The van der Waals surface area contributed by atoms with Gasteiger partial charge >= 0.3 is 12.5 Å². The first-order valence-electron chi connectivity index (χ1n) is 8.25. The minimum atomic E-state index is -4.48. The van der Waals surface area contributed by atoms with Crippen molar-refractivity contribution in [1.82, 2.24) is 10.2 Å². The van der Waals surface area contributed by atoms with Gasteiger partial charge in [-0.25, -0.2) is 0 Å². The summed E-state index contributed by atoms with van der Waals surface area (Å²) in [6.07, 6.45) is -7.35. The SMILES string of the molecule is CCC(C)[C@@H](c1ccc(OC(F)(F)C(F)F)cc1)N1CCNCC1.Cl.Cl. The standard InChI is InChI=1S/C17H24F4N2O.2ClH/c1-3-12(2)15(23-10-8-22-9-11-23)13-4-6-14(7-5-13)24-17(20,21)16(18)19;;/h4-7,12,15-16,22H,3,8-11H2,1-2H3;2*1H/t12?,15-;;/m0../s1. The van der Waals surface area contributed by atoms with Crippen molar-refractivity contribution in [2.45, 2.75) is 38.8 Å². The highest BCUT2D eigenvalue weighted by molar-refractivity contribution is 5.85. The molecule has 0 aromatic heterocycles. The van der Waals surface area contributed by atoms with Crippen molar-refractivity contribution in [2.24, 2.45) is 5.92 Å². The van der Waals surface area contributed by atoms with E-state index in [2.05, 4.69) is 28.8 Å². The van der Waals surface area contributed by atoms with Gasteiger partial charge in [0.05, 0.1) is 0 Å². The minimum absolute atomic E-state index is 0. The third kappa shape index (κ3) is 6.44. The lowest BCUT2D eigenvalue weighted by Crippen LogP contribution is -2.46. The summed E-state index contributed by atoms with van der Waals surface area (Å²) in [6.45, 7) is 7.92. The summed E-state index contributed by atoms with van der Waals surface area (Å²) >= 11 is 0. The molecule has 0 amide bonds. The number of hydrogen-bond donors (Lipinski definition) is 1. The van der Waals surface area contributed by atoms with E-state index >= 15 is 0 Å². The molecule has 0 radical (unpaired) electrons. The number of ether oxygens (including phenoxy) is 1. The van der Waals surface area contributed by atoms with Crippen molar-refractivity contribution in [3.05, 3.63) is 29.8 Å². The molecule has 1 aromatic carbocycles. The maximum Gasteiger partial charge on any atom is 0.461 e. The summed E-state index contributed by atoms with van der Waals surface area (Å²) in [6, 6.07) is 6.22. The third-order valence-corrected chi connectivity index (χ3v) is 4.46. The maximum absolute atomic E-state index is 13.0. The second kappa shape index (κ2) is 11.2. The topological polar surface area (TPSA) is 24.5 Å². The van der Waals surface area contributed by atoms with Crippen LogP contribution in [0.2, 0.25) is 0 Å². The van der Waals surface area contributed by atoms with Crippen molar-refractivity contribution in [1.29, 1.82) is 0 Å². The van der Waals surface area contributed by atoms with Gasteiger partial charge in [-0.3, -0.25) is 4.90 Å². The van der Waals surface area contributed by atoms with Gasteiger partial charge in [-0.1, -0.05) is 32.4 Å². The number of nitrogens with zero attached hydrogens (tertiary/aromatic N) is 1. The summed E-state index contributed by atoms with van der Waals surface area (Å²) in [5.41, 5.74) is 0.985. The normalized spacial score (nSPS) is 17.8. The lowest BCUT2D eigenvalue weighted by Gasteiger charge is -2.38. The van der Waals surface area contributed by atoms with E-state index in [-0.39, 0.29) is 36.6 Å². The van der Waals surface area contributed by atoms with Crippen LogP contribution < -0.4 is 10.1 Å². The molecule has 3 nitrogen and oxygen atoms in total. The van der Waals surface area contributed by atoms with E-state index in [1.807, 2.05) is 0 Å². The van der Waals surface area contributed by atoms with Gasteiger partial charge in [0.25, 0.3) is 0 Å². The third-order valence-electron chi connectivity index (χ3n) is 4.46. The van der Waals surface area contributed by atoms with E-state index in [9.17, 15) is 17.6 Å². The summed E-state index contributed by atoms with van der Waals surface area (Å²) in [4.78, 5) is 2.37. The molecule has 1 aliphatic heterocycles. The molecule has 1 aromatic rings. The van der Waals surface area contributed by atoms with Crippen LogP contribution in [0.25, 0.3) is 0 Å². The molecule has 1 saturated heterocycles. The van der Waals surface area contributed by atoms with Gasteiger partial charge in [0.15, 0.2) is 0 Å². The van der Waals surface area contributed by atoms with Gasteiger partial charge in [-0.2, -0.15) is 17.6 Å². The lowest BCUT2D eigenvalue weighted by atomic mass is 9.90. The molecule has 1 aliphatic rings. The lowest BCUT2D eigenvalue weighted by molar-refractivity contribution is -0.253. The van der Waals surface area contributed by atoms with Gasteiger partial charge in [-0.15, -0.1) is 24.8 Å². The van der Waals surface area contributed by atoms with Crippen molar-refractivity contribution in [3.63, 3.8) is 0 Å². The van der Waals surface area contributed by atoms with Crippen LogP contribution in [0.15, 0.2) is 24.3 Å². The molecule has 0 aliphatic carbocycles. The number of hydrogen-bond acceptors (Lipinski definition) is 3. The van der Waals surface area contributed by atoms with Crippen molar-refractivity contribution < 1.29 is 22.3 Å². The molecule has 0 spiro atoms. The maximum atomic E-state index is 13.0. The average molecular weight is 421 g/mol. The van der Waals surface area contributed by atoms with Gasteiger partial charge in [0.2, 0.25) is 0 Å². The smallest absolute Gasteiger partial charge is 0.428 e. The van der Waals surface area contributed by atoms with E-state index in [0.29, 0.717) is 5.92 Å². The van der Waals surface area contributed by atoms with Gasteiger partial charge in [0, 0.05) is 32.2 Å². The van der Waals surface area contributed by atoms with Crippen LogP contribution in [0, 0.1) is 5.92 Å². The fourth-order valence-electron chi connectivity index (χ4n) is 3.02. The van der Waals surface area contributed by atoms with E-state index in [0.717, 1.165) is 38.2 Å². The fraction of sp³-hybridized carbons (Fsp3) is 0.647. The molecular weight excluding hydrogens is 395 g/mol. The predicted octanol–water partition coefficient (Wildman–Crippen LogP) is 4.76. The molecule has 0 saturated carbocycles. The Kier molecular flexibility index (Phi) is 10.8. The van der Waals surface area contributed by atoms with Crippen molar-refractivity contribution in [2.75, 3.05) is 26.2 Å². The summed E-state index contributed by atoms with van der Waals surface area (Å²) in [5, 5.41) is 3.31. The van der Waals surface area contributed by atoms with Gasteiger partial charge < -0.3 is 10.1 Å². The molecule has 1 unspecified atom stereocenters. The molecule has 1 N–H and O–H groups in total. The van der Waals surface area contributed by atoms with Crippen LogP contribution >= 0.6 is 24.8 Å². The molecule has 9 heteroatoms. The Morgan fingerprint density at radius 2 is 1.65 bits per heavy atom. The van der Waals surface area contributed by atoms with E-state index in [1.165, 1.54) is 12.1 Å². The quantitative estimate of drug-likeness (QED) is 0.643. The molecule has 2 atom stereocenters. The zero-order valence-electron chi connectivity index (χ0n) is 14.8. The van der Waals surface area contributed by atoms with E-state index < -0.39 is 12.5 Å². The Hall–Kier alpha value is -0.760. The molecule has 2 rings (SSSR count). The largest absolute Gasteiger partial charge is 0.461 e. The number of benzene rings is 1. The van der Waals surface area contributed by atoms with Gasteiger partial charge in [-0.05, 0) is 23.6 Å². The minimum Gasteiger partial charge on any atom is -0.428 e. The zero-order chi connectivity index (χ0) is 17.7. The molecule has 152 valence electrons. The molecule has 1 heterocycles. The van der Waals surface area contributed by atoms with Crippen molar-refractivity contribution in [3.8, 4) is 5.75 Å². The first-order chi connectivity index (χ1) is 11.3. The number of alkyl halides is 4. The highest BCUT2D eigenvalue weighted by atomic mass is 35.5. The fourth-order valence-corrected chi connectivity index (χ4v) is 3.02. The number of piperazine rings is 1. The van der Waals surface area contributed by atoms with E-state index in [1.54, 1.807) is 12.1 Å². The highest BCUT2D eigenvalue weighted by Gasteiger charge is 2.44. The number of halogens is 6. The van der Waals surface area contributed by atoms with Crippen LogP contribution in [-0.2, 0) is 0 Å². The van der Waals surface area contributed by atoms with Crippen LogP contribution in [0.3, 0.4) is 0 Å².